The van der Waals surface area contributed by atoms with E-state index in [2.05, 4.69) is 16.0 Å². The summed E-state index contributed by atoms with van der Waals surface area (Å²) in [6.07, 6.45) is 4.91. The van der Waals surface area contributed by atoms with Gasteiger partial charge in [-0.1, -0.05) is 36.4 Å². The molecule has 12 nitrogen and oxygen atoms in total. The molecular weight excluding hydrogens is 594 g/mol. The van der Waals surface area contributed by atoms with Crippen molar-refractivity contribution in [3.63, 3.8) is 0 Å². The van der Waals surface area contributed by atoms with Gasteiger partial charge in [0.15, 0.2) is 0 Å². The number of nitrogens with two attached hydrogens (primary N) is 1. The van der Waals surface area contributed by atoms with E-state index in [0.29, 0.717) is 61.4 Å². The Hall–Kier alpha value is -4.56. The number of amides is 2. The van der Waals surface area contributed by atoms with Gasteiger partial charge in [-0.15, -0.1) is 0 Å². The van der Waals surface area contributed by atoms with Gasteiger partial charge in [-0.2, -0.15) is 4.31 Å². The van der Waals surface area contributed by atoms with Crippen LogP contribution >= 0.6 is 0 Å². The van der Waals surface area contributed by atoms with Gasteiger partial charge in [0.1, 0.15) is 6.17 Å². The van der Waals surface area contributed by atoms with Crippen molar-refractivity contribution in [2.45, 2.75) is 42.9 Å². The van der Waals surface area contributed by atoms with Gasteiger partial charge >= 0.3 is 6.03 Å². The number of carbonyl (C=O) groups excluding carboxylic acids is 1. The number of sulfonamides is 1. The van der Waals surface area contributed by atoms with Crippen molar-refractivity contribution in [2.75, 3.05) is 24.5 Å². The first-order valence-electron chi connectivity index (χ1n) is 14.9. The third kappa shape index (κ3) is 6.47. The Labute approximate surface area is 261 Å². The molecule has 1 atom stereocenters. The van der Waals surface area contributed by atoms with Crippen LogP contribution in [0.2, 0.25) is 0 Å². The third-order valence-electron chi connectivity index (χ3n) is 8.37. The van der Waals surface area contributed by atoms with E-state index in [-0.39, 0.29) is 29.2 Å². The van der Waals surface area contributed by atoms with E-state index in [1.54, 1.807) is 40.8 Å². The van der Waals surface area contributed by atoms with Crippen LogP contribution in [0.15, 0.2) is 95.5 Å². The minimum atomic E-state index is -3.92. The highest BCUT2D eigenvalue weighted by Crippen LogP contribution is 2.31. The predicted molar refractivity (Wildman–Crippen MR) is 171 cm³/mol. The van der Waals surface area contributed by atoms with Crippen molar-refractivity contribution in [2.24, 2.45) is 5.73 Å². The molecule has 1 fully saturated rings. The van der Waals surface area contributed by atoms with Gasteiger partial charge in [0.2, 0.25) is 10.0 Å². The highest BCUT2D eigenvalue weighted by Gasteiger charge is 2.34. The number of non-ortho nitro benzene ring substituents is 1. The molecule has 1 unspecified atom stereocenters. The lowest BCUT2D eigenvalue weighted by Gasteiger charge is -2.34. The third-order valence-corrected chi connectivity index (χ3v) is 10.3. The first-order chi connectivity index (χ1) is 21.7. The van der Waals surface area contributed by atoms with Crippen LogP contribution in [-0.2, 0) is 23.0 Å². The highest BCUT2D eigenvalue weighted by atomic mass is 32.2. The lowest BCUT2D eigenvalue weighted by molar-refractivity contribution is -0.384. The topological polar surface area (TPSA) is 163 Å². The van der Waals surface area contributed by atoms with E-state index in [4.69, 9.17) is 5.73 Å². The molecule has 3 aliphatic rings. The number of anilines is 1. The van der Waals surface area contributed by atoms with Crippen molar-refractivity contribution < 1.29 is 18.1 Å². The Bertz CT molecular complexity index is 1770. The highest BCUT2D eigenvalue weighted by molar-refractivity contribution is 7.89. The van der Waals surface area contributed by atoms with Gasteiger partial charge in [-0.3, -0.25) is 15.0 Å². The molecule has 2 amide bonds. The molecule has 0 radical (unpaired) electrons. The summed E-state index contributed by atoms with van der Waals surface area (Å²) in [6.45, 7) is 2.03. The molecule has 3 aliphatic heterocycles. The molecule has 0 aliphatic carbocycles. The summed E-state index contributed by atoms with van der Waals surface area (Å²) in [5, 5.41) is 20.8. The van der Waals surface area contributed by atoms with Crippen LogP contribution in [0, 0.1) is 10.1 Å². The largest absolute Gasteiger partial charge is 0.361 e. The van der Waals surface area contributed by atoms with Crippen molar-refractivity contribution in [3.05, 3.63) is 117 Å². The monoisotopic (exact) mass is 629 g/mol. The van der Waals surface area contributed by atoms with E-state index in [1.807, 2.05) is 36.4 Å². The van der Waals surface area contributed by atoms with Crippen LogP contribution in [0.5, 0.6) is 0 Å². The number of rotatable bonds is 10. The quantitative estimate of drug-likeness (QED) is 0.196. The summed E-state index contributed by atoms with van der Waals surface area (Å²) < 4.78 is 30.0. The fourth-order valence-corrected chi connectivity index (χ4v) is 7.66. The molecule has 45 heavy (non-hydrogen) atoms. The summed E-state index contributed by atoms with van der Waals surface area (Å²) in [6, 6.07) is 20.1. The lowest BCUT2D eigenvalue weighted by Crippen LogP contribution is -2.51. The van der Waals surface area contributed by atoms with Crippen LogP contribution in [0.1, 0.15) is 29.5 Å². The molecule has 6 rings (SSSR count). The fourth-order valence-electron chi connectivity index (χ4n) is 5.93. The molecule has 1 saturated heterocycles. The molecule has 0 bridgehead atoms. The molecule has 0 aromatic heterocycles. The van der Waals surface area contributed by atoms with Crippen LogP contribution in [-0.4, -0.2) is 55.5 Å². The smallest absolute Gasteiger partial charge is 0.327 e. The summed E-state index contributed by atoms with van der Waals surface area (Å²) in [5.41, 5.74) is 10.2. The number of hydrogen-bond acceptors (Lipinski definition) is 8. The second-order valence-electron chi connectivity index (χ2n) is 11.3. The SMILES string of the molecule is NCc1ccc(N2C=C3C=C(c4cccc(S(=O)(=O)N(CCc5cccc([N+](=O)[O-])c5)C5CCNCC5)c4)NC3NC2=O)cc1. The number of urea groups is 1. The zero-order chi connectivity index (χ0) is 31.6. The number of piperidine rings is 1. The van der Waals surface area contributed by atoms with Crippen molar-refractivity contribution in [3.8, 4) is 0 Å². The number of nitro groups is 1. The van der Waals surface area contributed by atoms with Crippen molar-refractivity contribution in [1.82, 2.24) is 20.3 Å². The predicted octanol–water partition coefficient (Wildman–Crippen LogP) is 3.42. The molecule has 0 saturated carbocycles. The number of nitro benzene ring substituents is 1. The molecule has 5 N–H and O–H groups in total. The average Bonchev–Trinajstić information content (AvgIpc) is 3.48. The fraction of sp³-hybridized carbons (Fsp3) is 0.281. The van der Waals surface area contributed by atoms with Crippen molar-refractivity contribution >= 4 is 33.1 Å². The zero-order valence-corrected chi connectivity index (χ0v) is 25.4. The number of hydrogen-bond donors (Lipinski definition) is 4. The van der Waals surface area contributed by atoms with Crippen LogP contribution in [0.3, 0.4) is 0 Å². The van der Waals surface area contributed by atoms with E-state index >= 15 is 0 Å². The Morgan fingerprint density at radius 2 is 1.73 bits per heavy atom. The molecule has 13 heteroatoms. The number of carbonyl (C=O) groups is 1. The summed E-state index contributed by atoms with van der Waals surface area (Å²) >= 11 is 0. The van der Waals surface area contributed by atoms with E-state index in [1.165, 1.54) is 17.0 Å². The van der Waals surface area contributed by atoms with Crippen LogP contribution < -0.4 is 26.6 Å². The summed E-state index contributed by atoms with van der Waals surface area (Å²) in [5.74, 6) is 0. The molecule has 3 aromatic carbocycles. The second kappa shape index (κ2) is 12.8. The maximum Gasteiger partial charge on any atom is 0.327 e. The Morgan fingerprint density at radius 3 is 2.47 bits per heavy atom. The lowest BCUT2D eigenvalue weighted by atomic mass is 10.1. The standard InChI is InChI=1S/C32H35N7O5S/c33-20-23-7-9-26(10-8-23)37-21-25-19-30(35-31(25)36-32(37)40)24-4-2-6-29(18-24)45(43,44)38(27-11-14-34-15-12-27)16-13-22-3-1-5-28(17-22)39(41)42/h1-10,17-19,21,27,31,34-35H,11-16,20,33H2,(H,36,40). The minimum absolute atomic E-state index is 0.0201. The second-order valence-corrected chi connectivity index (χ2v) is 13.1. The number of benzene rings is 3. The van der Waals surface area contributed by atoms with Crippen LogP contribution in [0.25, 0.3) is 5.70 Å². The van der Waals surface area contributed by atoms with Gasteiger partial charge < -0.3 is 21.7 Å². The zero-order valence-electron chi connectivity index (χ0n) is 24.6. The summed E-state index contributed by atoms with van der Waals surface area (Å²) in [4.78, 5) is 25.4. The van der Waals surface area contributed by atoms with Gasteiger partial charge in [-0.05, 0) is 79.4 Å². The number of nitrogens with zero attached hydrogens (tertiary/aromatic N) is 3. The Morgan fingerprint density at radius 1 is 0.978 bits per heavy atom. The Balaban J connectivity index is 1.26. The van der Waals surface area contributed by atoms with Crippen LogP contribution in [0.4, 0.5) is 16.2 Å². The Kier molecular flexibility index (Phi) is 8.67. The molecular formula is C32H35N7O5S. The molecule has 234 valence electrons. The summed E-state index contributed by atoms with van der Waals surface area (Å²) in [7, 11) is -3.92. The van der Waals surface area contributed by atoms with E-state index in [0.717, 1.165) is 11.1 Å². The van der Waals surface area contributed by atoms with Gasteiger partial charge in [0, 0.05) is 48.7 Å². The minimum Gasteiger partial charge on any atom is -0.361 e. The average molecular weight is 630 g/mol. The van der Waals surface area contributed by atoms with Gasteiger partial charge in [0.05, 0.1) is 15.5 Å². The number of fused-ring (bicyclic) bond motifs is 1. The number of nitrogens with one attached hydrogen (secondary N) is 3. The van der Waals surface area contributed by atoms with Gasteiger partial charge in [-0.25, -0.2) is 13.2 Å². The molecule has 0 spiro atoms. The first-order valence-corrected chi connectivity index (χ1v) is 16.3. The van der Waals surface area contributed by atoms with E-state index < -0.39 is 21.1 Å². The van der Waals surface area contributed by atoms with E-state index in [9.17, 15) is 23.3 Å². The maximum atomic E-state index is 14.2. The maximum absolute atomic E-state index is 14.2. The first kappa shape index (κ1) is 30.5. The normalized spacial score (nSPS) is 18.6. The molecule has 3 heterocycles. The molecule has 3 aromatic rings. The van der Waals surface area contributed by atoms with Crippen molar-refractivity contribution in [1.29, 1.82) is 0 Å². The van der Waals surface area contributed by atoms with Gasteiger partial charge in [0.25, 0.3) is 5.69 Å².